The molecule has 5 nitrogen and oxygen atoms in total. The molecule has 2 fully saturated rings. The van der Waals surface area contributed by atoms with Gasteiger partial charge in [-0.05, 0) is 36.8 Å². The predicted molar refractivity (Wildman–Crippen MR) is 88.5 cm³/mol. The van der Waals surface area contributed by atoms with Gasteiger partial charge in [0.2, 0.25) is 0 Å². The van der Waals surface area contributed by atoms with Gasteiger partial charge in [-0.2, -0.15) is 0 Å². The smallest absolute Gasteiger partial charge is 0.0746 e. The van der Waals surface area contributed by atoms with Crippen LogP contribution in [0, 0.1) is 5.92 Å². The van der Waals surface area contributed by atoms with Crippen molar-refractivity contribution in [2.24, 2.45) is 5.92 Å². The Kier molecular flexibility index (Phi) is 6.39. The highest BCUT2D eigenvalue weighted by Crippen LogP contribution is 2.27. The van der Waals surface area contributed by atoms with Gasteiger partial charge in [-0.3, -0.25) is 9.88 Å². The first-order valence-corrected chi connectivity index (χ1v) is 8.68. The standard InChI is InChI=1S/C18H28N2O3/c1-21-9-10-23-18-4-7-20(13-16-5-8-22-14-16)17(18)11-15-3-2-6-19-12-15/h2-3,6,12,16-18H,4-5,7-11,13-14H2,1H3/t16-,17-,18-/m0/s1. The Morgan fingerprint density at radius 2 is 2.30 bits per heavy atom. The summed E-state index contributed by atoms with van der Waals surface area (Å²) in [5, 5.41) is 0. The summed E-state index contributed by atoms with van der Waals surface area (Å²) in [7, 11) is 1.72. The highest BCUT2D eigenvalue weighted by atomic mass is 16.5. The molecule has 5 heteroatoms. The fourth-order valence-corrected chi connectivity index (χ4v) is 3.67. The molecule has 0 aliphatic carbocycles. The van der Waals surface area contributed by atoms with Gasteiger partial charge in [-0.1, -0.05) is 6.07 Å². The van der Waals surface area contributed by atoms with Gasteiger partial charge < -0.3 is 14.2 Å². The zero-order valence-electron chi connectivity index (χ0n) is 14.0. The van der Waals surface area contributed by atoms with E-state index in [1.165, 1.54) is 12.0 Å². The van der Waals surface area contributed by atoms with Gasteiger partial charge in [-0.25, -0.2) is 0 Å². The average molecular weight is 320 g/mol. The van der Waals surface area contributed by atoms with E-state index < -0.39 is 0 Å². The molecular formula is C18H28N2O3. The summed E-state index contributed by atoms with van der Waals surface area (Å²) < 4.78 is 16.8. The van der Waals surface area contributed by atoms with E-state index in [1.54, 1.807) is 7.11 Å². The SMILES string of the molecule is COCCO[C@H]1CCN(C[C@@H]2CCOC2)[C@H]1Cc1cccnc1. The molecule has 2 aliphatic heterocycles. The molecule has 0 bridgehead atoms. The Morgan fingerprint density at radius 3 is 3.04 bits per heavy atom. The highest BCUT2D eigenvalue weighted by Gasteiger charge is 2.36. The van der Waals surface area contributed by atoms with Gasteiger partial charge in [0.05, 0.1) is 25.9 Å². The van der Waals surface area contributed by atoms with Gasteiger partial charge in [0.15, 0.2) is 0 Å². The Labute approximate surface area is 138 Å². The number of hydrogen-bond acceptors (Lipinski definition) is 5. The Hall–Kier alpha value is -1.01. The second-order valence-corrected chi connectivity index (χ2v) is 6.55. The molecule has 3 heterocycles. The van der Waals surface area contributed by atoms with Crippen LogP contribution in [0.2, 0.25) is 0 Å². The molecule has 1 aromatic rings. The maximum atomic E-state index is 6.10. The maximum absolute atomic E-state index is 6.10. The van der Waals surface area contributed by atoms with Crippen molar-refractivity contribution in [1.29, 1.82) is 0 Å². The van der Waals surface area contributed by atoms with Crippen molar-refractivity contribution in [3.8, 4) is 0 Å². The second kappa shape index (κ2) is 8.73. The molecule has 3 rings (SSSR count). The van der Waals surface area contributed by atoms with Crippen molar-refractivity contribution in [1.82, 2.24) is 9.88 Å². The normalized spacial score (nSPS) is 28.5. The number of aromatic nitrogens is 1. The molecule has 3 atom stereocenters. The van der Waals surface area contributed by atoms with E-state index in [0.29, 0.717) is 25.2 Å². The summed E-state index contributed by atoms with van der Waals surface area (Å²) in [5.41, 5.74) is 1.28. The monoisotopic (exact) mass is 320 g/mol. The van der Waals surface area contributed by atoms with E-state index in [1.807, 2.05) is 18.5 Å². The minimum Gasteiger partial charge on any atom is -0.382 e. The lowest BCUT2D eigenvalue weighted by Gasteiger charge is -2.30. The molecule has 2 aliphatic rings. The predicted octanol–water partition coefficient (Wildman–Crippen LogP) is 1.77. The molecule has 0 N–H and O–H groups in total. The van der Waals surface area contributed by atoms with Gasteiger partial charge in [-0.15, -0.1) is 0 Å². The van der Waals surface area contributed by atoms with Crippen LogP contribution in [0.15, 0.2) is 24.5 Å². The van der Waals surface area contributed by atoms with E-state index in [4.69, 9.17) is 14.2 Å². The molecule has 0 spiro atoms. The third-order valence-corrected chi connectivity index (χ3v) is 4.90. The summed E-state index contributed by atoms with van der Waals surface area (Å²) >= 11 is 0. The molecule has 2 saturated heterocycles. The van der Waals surface area contributed by atoms with Crippen LogP contribution in [0.1, 0.15) is 18.4 Å². The fourth-order valence-electron chi connectivity index (χ4n) is 3.67. The quantitative estimate of drug-likeness (QED) is 0.683. The zero-order chi connectivity index (χ0) is 15.9. The molecule has 0 saturated carbocycles. The van der Waals surface area contributed by atoms with Gasteiger partial charge >= 0.3 is 0 Å². The zero-order valence-corrected chi connectivity index (χ0v) is 14.0. The second-order valence-electron chi connectivity index (χ2n) is 6.55. The number of pyridine rings is 1. The van der Waals surface area contributed by atoms with E-state index in [0.717, 1.165) is 39.1 Å². The topological polar surface area (TPSA) is 43.8 Å². The van der Waals surface area contributed by atoms with E-state index >= 15 is 0 Å². The van der Waals surface area contributed by atoms with Crippen LogP contribution in [-0.2, 0) is 20.6 Å². The van der Waals surface area contributed by atoms with Crippen LogP contribution in [0.3, 0.4) is 0 Å². The van der Waals surface area contributed by atoms with Gasteiger partial charge in [0.25, 0.3) is 0 Å². The molecule has 0 amide bonds. The lowest BCUT2D eigenvalue weighted by atomic mass is 10.0. The fraction of sp³-hybridized carbons (Fsp3) is 0.722. The molecule has 128 valence electrons. The lowest BCUT2D eigenvalue weighted by molar-refractivity contribution is -0.00212. The van der Waals surface area contributed by atoms with Crippen molar-refractivity contribution in [2.45, 2.75) is 31.4 Å². The molecule has 0 aromatic carbocycles. The van der Waals surface area contributed by atoms with Crippen molar-refractivity contribution >= 4 is 0 Å². The van der Waals surface area contributed by atoms with Crippen LogP contribution >= 0.6 is 0 Å². The molecule has 0 unspecified atom stereocenters. The van der Waals surface area contributed by atoms with E-state index in [2.05, 4.69) is 16.0 Å². The minimum absolute atomic E-state index is 0.285. The van der Waals surface area contributed by atoms with Crippen molar-refractivity contribution in [3.63, 3.8) is 0 Å². The summed E-state index contributed by atoms with van der Waals surface area (Å²) in [5.74, 6) is 0.670. The lowest BCUT2D eigenvalue weighted by Crippen LogP contribution is -2.41. The summed E-state index contributed by atoms with van der Waals surface area (Å²) in [6, 6.07) is 4.60. The highest BCUT2D eigenvalue weighted by molar-refractivity contribution is 5.12. The minimum atomic E-state index is 0.285. The number of methoxy groups -OCH3 is 1. The molecule has 0 radical (unpaired) electrons. The number of likely N-dealkylation sites (tertiary alicyclic amines) is 1. The third-order valence-electron chi connectivity index (χ3n) is 4.90. The van der Waals surface area contributed by atoms with Crippen LogP contribution < -0.4 is 0 Å². The summed E-state index contributed by atoms with van der Waals surface area (Å²) in [6.45, 7) is 5.39. The van der Waals surface area contributed by atoms with Gasteiger partial charge in [0, 0.05) is 45.2 Å². The van der Waals surface area contributed by atoms with Crippen molar-refractivity contribution in [3.05, 3.63) is 30.1 Å². The third kappa shape index (κ3) is 4.73. The van der Waals surface area contributed by atoms with E-state index in [-0.39, 0.29) is 6.10 Å². The number of rotatable bonds is 8. The summed E-state index contributed by atoms with van der Waals surface area (Å²) in [4.78, 5) is 6.86. The van der Waals surface area contributed by atoms with Gasteiger partial charge in [0.1, 0.15) is 0 Å². The van der Waals surface area contributed by atoms with E-state index in [9.17, 15) is 0 Å². The van der Waals surface area contributed by atoms with Crippen LogP contribution in [0.25, 0.3) is 0 Å². The Balaban J connectivity index is 1.62. The molecular weight excluding hydrogens is 292 g/mol. The Bertz CT molecular complexity index is 451. The van der Waals surface area contributed by atoms with Crippen LogP contribution in [-0.4, -0.2) is 68.7 Å². The number of hydrogen-bond donors (Lipinski definition) is 0. The number of nitrogens with zero attached hydrogens (tertiary/aromatic N) is 2. The average Bonchev–Trinajstić information content (AvgIpc) is 3.21. The summed E-state index contributed by atoms with van der Waals surface area (Å²) in [6.07, 6.45) is 7.37. The Morgan fingerprint density at radius 1 is 1.35 bits per heavy atom. The first-order chi connectivity index (χ1) is 11.4. The van der Waals surface area contributed by atoms with Crippen molar-refractivity contribution < 1.29 is 14.2 Å². The van der Waals surface area contributed by atoms with Crippen LogP contribution in [0.5, 0.6) is 0 Å². The first-order valence-electron chi connectivity index (χ1n) is 8.68. The molecule has 23 heavy (non-hydrogen) atoms. The van der Waals surface area contributed by atoms with Crippen LogP contribution in [0.4, 0.5) is 0 Å². The van der Waals surface area contributed by atoms with Crippen molar-refractivity contribution in [2.75, 3.05) is 46.6 Å². The first kappa shape index (κ1) is 16.8. The molecule has 1 aromatic heterocycles. The largest absolute Gasteiger partial charge is 0.382 e. The number of ether oxygens (including phenoxy) is 3. The maximum Gasteiger partial charge on any atom is 0.0746 e.